The number of sulfonamides is 1. The number of aromatic nitrogens is 2. The summed E-state index contributed by atoms with van der Waals surface area (Å²) in [6, 6.07) is 6.34. The Bertz CT molecular complexity index is 566. The molecule has 16 heavy (non-hydrogen) atoms. The number of halogens is 1. The Morgan fingerprint density at radius 2 is 1.94 bits per heavy atom. The molecule has 0 saturated carbocycles. The molecule has 5 nitrogen and oxygen atoms in total. The number of nitrogens with one attached hydrogen (secondary N) is 1. The molecule has 0 aliphatic carbocycles. The van der Waals surface area contributed by atoms with E-state index in [2.05, 4.69) is 30.8 Å². The number of anilines is 1. The van der Waals surface area contributed by atoms with Crippen molar-refractivity contribution in [2.45, 2.75) is 4.90 Å². The normalized spacial score (nSPS) is 11.3. The summed E-state index contributed by atoms with van der Waals surface area (Å²) < 4.78 is 26.8. The van der Waals surface area contributed by atoms with E-state index in [4.69, 9.17) is 0 Å². The molecule has 2 rings (SSSR count). The van der Waals surface area contributed by atoms with Gasteiger partial charge >= 0.3 is 0 Å². The minimum Gasteiger partial charge on any atom is -0.253 e. The van der Waals surface area contributed by atoms with E-state index in [1.165, 1.54) is 17.6 Å². The quantitative estimate of drug-likeness (QED) is 0.940. The maximum absolute atomic E-state index is 11.8. The summed E-state index contributed by atoms with van der Waals surface area (Å²) in [5.74, 6) is 0. The third kappa shape index (κ3) is 2.57. The van der Waals surface area contributed by atoms with Crippen molar-refractivity contribution >= 4 is 42.4 Å². The SMILES string of the molecule is O=S(=O)(Nc1nncs1)c1ccc(Br)cc1. The second-order valence-electron chi connectivity index (χ2n) is 2.80. The van der Waals surface area contributed by atoms with Crippen molar-refractivity contribution in [2.75, 3.05) is 4.72 Å². The summed E-state index contributed by atoms with van der Waals surface area (Å²) in [5, 5.41) is 7.41. The number of hydrogen-bond donors (Lipinski definition) is 1. The molecular weight excluding hydrogens is 314 g/mol. The van der Waals surface area contributed by atoms with E-state index in [-0.39, 0.29) is 10.0 Å². The van der Waals surface area contributed by atoms with Gasteiger partial charge in [0.05, 0.1) is 4.90 Å². The van der Waals surface area contributed by atoms with Crippen molar-refractivity contribution in [1.82, 2.24) is 10.2 Å². The second kappa shape index (κ2) is 4.48. The first-order valence-corrected chi connectivity index (χ1v) is 7.28. The minimum atomic E-state index is -3.56. The van der Waals surface area contributed by atoms with Gasteiger partial charge in [-0.05, 0) is 24.3 Å². The van der Waals surface area contributed by atoms with Crippen LogP contribution in [0.15, 0.2) is 39.1 Å². The summed E-state index contributed by atoms with van der Waals surface area (Å²) in [7, 11) is -3.56. The molecule has 0 atom stereocenters. The van der Waals surface area contributed by atoms with Gasteiger partial charge in [-0.25, -0.2) is 8.42 Å². The average molecular weight is 320 g/mol. The third-order valence-corrected chi connectivity index (χ3v) is 4.33. The summed E-state index contributed by atoms with van der Waals surface area (Å²) in [6.45, 7) is 0. The molecule has 2 aromatic rings. The molecule has 8 heteroatoms. The smallest absolute Gasteiger partial charge is 0.253 e. The zero-order valence-electron chi connectivity index (χ0n) is 7.79. The van der Waals surface area contributed by atoms with Crippen LogP contribution < -0.4 is 4.72 Å². The first-order chi connectivity index (χ1) is 7.58. The molecule has 1 heterocycles. The molecule has 0 amide bonds. The van der Waals surface area contributed by atoms with Gasteiger partial charge in [-0.2, -0.15) is 0 Å². The van der Waals surface area contributed by atoms with Crippen LogP contribution in [-0.2, 0) is 10.0 Å². The first kappa shape index (κ1) is 11.5. The van der Waals surface area contributed by atoms with Gasteiger partial charge in [0, 0.05) is 4.47 Å². The standard InChI is InChI=1S/C8H6BrN3O2S2/c9-6-1-3-7(4-2-6)16(13,14)12-8-11-10-5-15-8/h1-5H,(H,11,12). The van der Waals surface area contributed by atoms with Crippen molar-refractivity contribution in [3.05, 3.63) is 34.2 Å². The highest BCUT2D eigenvalue weighted by molar-refractivity contribution is 9.10. The van der Waals surface area contributed by atoms with Crippen LogP contribution in [0.4, 0.5) is 5.13 Å². The van der Waals surface area contributed by atoms with Crippen molar-refractivity contribution in [2.24, 2.45) is 0 Å². The topological polar surface area (TPSA) is 72.0 Å². The maximum atomic E-state index is 11.8. The average Bonchev–Trinajstić information content (AvgIpc) is 2.70. The lowest BCUT2D eigenvalue weighted by Crippen LogP contribution is -2.12. The molecule has 0 unspecified atom stereocenters. The Morgan fingerprint density at radius 1 is 1.25 bits per heavy atom. The molecule has 1 N–H and O–H groups in total. The van der Waals surface area contributed by atoms with Crippen LogP contribution in [0.25, 0.3) is 0 Å². The van der Waals surface area contributed by atoms with E-state index in [1.54, 1.807) is 12.1 Å². The summed E-state index contributed by atoms with van der Waals surface area (Å²) in [5.41, 5.74) is 1.46. The predicted molar refractivity (Wildman–Crippen MR) is 64.9 cm³/mol. The summed E-state index contributed by atoms with van der Waals surface area (Å²) in [4.78, 5) is 0.186. The predicted octanol–water partition coefficient (Wildman–Crippen LogP) is 2.10. The number of rotatable bonds is 3. The summed E-state index contributed by atoms with van der Waals surface area (Å²) >= 11 is 4.36. The monoisotopic (exact) mass is 319 g/mol. The fourth-order valence-corrected chi connectivity index (χ4v) is 2.96. The molecule has 0 saturated heterocycles. The Labute approximate surface area is 105 Å². The fraction of sp³-hybridized carbons (Fsp3) is 0. The van der Waals surface area contributed by atoms with E-state index in [9.17, 15) is 8.42 Å². The van der Waals surface area contributed by atoms with E-state index >= 15 is 0 Å². The van der Waals surface area contributed by atoms with E-state index in [0.717, 1.165) is 15.8 Å². The molecule has 0 radical (unpaired) electrons. The van der Waals surface area contributed by atoms with Crippen LogP contribution in [0.2, 0.25) is 0 Å². The molecule has 0 spiro atoms. The van der Waals surface area contributed by atoms with Gasteiger partial charge in [0.25, 0.3) is 10.0 Å². The van der Waals surface area contributed by atoms with Crippen molar-refractivity contribution < 1.29 is 8.42 Å². The number of benzene rings is 1. The van der Waals surface area contributed by atoms with Gasteiger partial charge in [0.1, 0.15) is 5.51 Å². The molecule has 84 valence electrons. The lowest BCUT2D eigenvalue weighted by atomic mass is 10.4. The van der Waals surface area contributed by atoms with Gasteiger partial charge in [-0.3, -0.25) is 4.72 Å². The number of nitrogens with zero attached hydrogens (tertiary/aromatic N) is 2. The molecule has 0 fully saturated rings. The number of hydrogen-bond acceptors (Lipinski definition) is 5. The van der Waals surface area contributed by atoms with Crippen molar-refractivity contribution in [1.29, 1.82) is 0 Å². The molecular formula is C8H6BrN3O2S2. The van der Waals surface area contributed by atoms with Gasteiger partial charge < -0.3 is 0 Å². The van der Waals surface area contributed by atoms with Gasteiger partial charge in [-0.15, -0.1) is 10.2 Å². The highest BCUT2D eigenvalue weighted by Crippen LogP contribution is 2.18. The summed E-state index contributed by atoms with van der Waals surface area (Å²) in [6.07, 6.45) is 0. The third-order valence-electron chi connectivity index (χ3n) is 1.71. The van der Waals surface area contributed by atoms with Crippen LogP contribution >= 0.6 is 27.3 Å². The van der Waals surface area contributed by atoms with E-state index in [1.807, 2.05) is 0 Å². The zero-order chi connectivity index (χ0) is 11.6. The fourth-order valence-electron chi connectivity index (χ4n) is 1.01. The lowest BCUT2D eigenvalue weighted by Gasteiger charge is -2.04. The lowest BCUT2D eigenvalue weighted by molar-refractivity contribution is 0.601. The Morgan fingerprint density at radius 3 is 2.50 bits per heavy atom. The van der Waals surface area contributed by atoms with Crippen LogP contribution in [0.5, 0.6) is 0 Å². The molecule has 0 bridgehead atoms. The Hall–Kier alpha value is -0.990. The molecule has 0 aliphatic rings. The van der Waals surface area contributed by atoms with E-state index < -0.39 is 10.0 Å². The highest BCUT2D eigenvalue weighted by Gasteiger charge is 2.15. The van der Waals surface area contributed by atoms with Crippen LogP contribution in [0.3, 0.4) is 0 Å². The second-order valence-corrected chi connectivity index (χ2v) is 6.23. The van der Waals surface area contributed by atoms with Crippen LogP contribution in [0.1, 0.15) is 0 Å². The minimum absolute atomic E-state index is 0.186. The van der Waals surface area contributed by atoms with Crippen LogP contribution in [0, 0.1) is 0 Å². The Kier molecular flexibility index (Phi) is 3.22. The molecule has 1 aromatic heterocycles. The van der Waals surface area contributed by atoms with Crippen molar-refractivity contribution in [3.8, 4) is 0 Å². The molecule has 1 aromatic carbocycles. The van der Waals surface area contributed by atoms with Gasteiger partial charge in [-0.1, -0.05) is 27.3 Å². The molecule has 0 aliphatic heterocycles. The first-order valence-electron chi connectivity index (χ1n) is 4.12. The Balaban J connectivity index is 2.29. The zero-order valence-corrected chi connectivity index (χ0v) is 11.0. The van der Waals surface area contributed by atoms with Gasteiger partial charge in [0.15, 0.2) is 0 Å². The van der Waals surface area contributed by atoms with Crippen LogP contribution in [-0.4, -0.2) is 18.6 Å². The van der Waals surface area contributed by atoms with Gasteiger partial charge in [0.2, 0.25) is 5.13 Å². The maximum Gasteiger partial charge on any atom is 0.263 e. The van der Waals surface area contributed by atoms with Crippen molar-refractivity contribution in [3.63, 3.8) is 0 Å². The largest absolute Gasteiger partial charge is 0.263 e. The highest BCUT2D eigenvalue weighted by atomic mass is 79.9. The van der Waals surface area contributed by atoms with E-state index in [0.29, 0.717) is 0 Å².